The third-order valence-corrected chi connectivity index (χ3v) is 5.80. The summed E-state index contributed by atoms with van der Waals surface area (Å²) in [5.74, 6) is 2.56. The lowest BCUT2D eigenvalue weighted by molar-refractivity contribution is -0.0669. The summed E-state index contributed by atoms with van der Waals surface area (Å²) in [6, 6.07) is 0.418. The van der Waals surface area contributed by atoms with E-state index < -0.39 is 0 Å². The van der Waals surface area contributed by atoms with Crippen molar-refractivity contribution in [3.63, 3.8) is 0 Å². The van der Waals surface area contributed by atoms with Crippen LogP contribution in [0.25, 0.3) is 0 Å². The first kappa shape index (κ1) is 13.0. The smallest absolute Gasteiger partial charge is 0.0735 e. The van der Waals surface area contributed by atoms with Crippen molar-refractivity contribution in [1.82, 2.24) is 0 Å². The van der Waals surface area contributed by atoms with E-state index in [1.807, 2.05) is 0 Å². The van der Waals surface area contributed by atoms with Gasteiger partial charge in [-0.1, -0.05) is 11.1 Å². The van der Waals surface area contributed by atoms with Crippen LogP contribution in [-0.2, 0) is 4.74 Å². The van der Waals surface area contributed by atoms with Crippen molar-refractivity contribution in [2.45, 2.75) is 63.0 Å². The van der Waals surface area contributed by atoms with Gasteiger partial charge in [0.15, 0.2) is 0 Å². The molecular formula is C15H25NOS. The molecular weight excluding hydrogens is 242 g/mol. The van der Waals surface area contributed by atoms with Crippen molar-refractivity contribution in [2.75, 3.05) is 18.1 Å². The molecule has 3 heteroatoms. The number of thioether (sulfide) groups is 1. The lowest BCUT2D eigenvalue weighted by Gasteiger charge is -2.42. The van der Waals surface area contributed by atoms with Gasteiger partial charge in [0.2, 0.25) is 0 Å². The highest BCUT2D eigenvalue weighted by Gasteiger charge is 2.37. The molecule has 0 amide bonds. The molecule has 1 spiro atoms. The van der Waals surface area contributed by atoms with Crippen molar-refractivity contribution in [3.8, 4) is 0 Å². The van der Waals surface area contributed by atoms with Crippen LogP contribution >= 0.6 is 11.8 Å². The predicted molar refractivity (Wildman–Crippen MR) is 77.9 cm³/mol. The number of nitrogens with two attached hydrogens (primary N) is 1. The molecule has 3 fully saturated rings. The Morgan fingerprint density at radius 2 is 2.00 bits per heavy atom. The second kappa shape index (κ2) is 5.56. The monoisotopic (exact) mass is 267 g/mol. The standard InChI is InChI=1S/C15H25NOS/c16-14-3-1-2-12(10-14)13-4-7-17-15(11-13)5-8-18-9-6-15/h14H,1-11,16H2. The van der Waals surface area contributed by atoms with E-state index in [0.29, 0.717) is 6.04 Å². The van der Waals surface area contributed by atoms with Crippen LogP contribution in [0.3, 0.4) is 0 Å². The van der Waals surface area contributed by atoms with Crippen LogP contribution in [0.1, 0.15) is 51.4 Å². The zero-order valence-corrected chi connectivity index (χ0v) is 12.1. The van der Waals surface area contributed by atoms with Crippen molar-refractivity contribution >= 4 is 11.8 Å². The maximum Gasteiger partial charge on any atom is 0.0735 e. The van der Waals surface area contributed by atoms with Crippen LogP contribution < -0.4 is 5.73 Å². The molecule has 1 saturated carbocycles. The van der Waals surface area contributed by atoms with Crippen LogP contribution in [0.5, 0.6) is 0 Å². The Balaban J connectivity index is 1.74. The van der Waals surface area contributed by atoms with Crippen LogP contribution in [-0.4, -0.2) is 29.8 Å². The quantitative estimate of drug-likeness (QED) is 0.684. The molecule has 0 aromatic carbocycles. The average Bonchev–Trinajstić information content (AvgIpc) is 2.40. The van der Waals surface area contributed by atoms with Gasteiger partial charge in [-0.25, -0.2) is 0 Å². The number of rotatable bonds is 0. The summed E-state index contributed by atoms with van der Waals surface area (Å²) in [4.78, 5) is 0. The molecule has 1 atom stereocenters. The van der Waals surface area contributed by atoms with Crippen molar-refractivity contribution in [3.05, 3.63) is 11.1 Å². The lowest BCUT2D eigenvalue weighted by Crippen LogP contribution is -2.41. The molecule has 3 aliphatic rings. The molecule has 2 aliphatic heterocycles. The molecule has 0 aromatic rings. The first-order valence-electron chi connectivity index (χ1n) is 7.44. The second-order valence-electron chi connectivity index (χ2n) is 6.13. The largest absolute Gasteiger partial charge is 0.374 e. The van der Waals surface area contributed by atoms with E-state index in [9.17, 15) is 0 Å². The van der Waals surface area contributed by atoms with Gasteiger partial charge in [0.25, 0.3) is 0 Å². The second-order valence-corrected chi connectivity index (χ2v) is 7.36. The molecule has 102 valence electrons. The van der Waals surface area contributed by atoms with Crippen molar-refractivity contribution in [1.29, 1.82) is 0 Å². The van der Waals surface area contributed by atoms with E-state index in [2.05, 4.69) is 11.8 Å². The Kier molecular flexibility index (Phi) is 4.02. The van der Waals surface area contributed by atoms with Gasteiger partial charge < -0.3 is 10.5 Å². The Hall–Kier alpha value is 0.01000. The molecule has 0 bridgehead atoms. The van der Waals surface area contributed by atoms with Gasteiger partial charge in [0.1, 0.15) is 0 Å². The van der Waals surface area contributed by atoms with E-state index in [1.165, 1.54) is 50.0 Å². The summed E-state index contributed by atoms with van der Waals surface area (Å²) in [6.07, 6.45) is 9.83. The first-order chi connectivity index (χ1) is 8.77. The van der Waals surface area contributed by atoms with E-state index in [1.54, 1.807) is 11.1 Å². The molecule has 0 aromatic heterocycles. The minimum Gasteiger partial charge on any atom is -0.374 e. The third kappa shape index (κ3) is 2.78. The Bertz CT molecular complexity index is 328. The number of hydrogen-bond donors (Lipinski definition) is 1. The van der Waals surface area contributed by atoms with Crippen molar-refractivity contribution in [2.24, 2.45) is 5.73 Å². The third-order valence-electron chi connectivity index (χ3n) is 4.81. The van der Waals surface area contributed by atoms with Gasteiger partial charge in [0.05, 0.1) is 12.2 Å². The van der Waals surface area contributed by atoms with E-state index in [-0.39, 0.29) is 5.60 Å². The van der Waals surface area contributed by atoms with Crippen molar-refractivity contribution < 1.29 is 4.74 Å². The summed E-state index contributed by atoms with van der Waals surface area (Å²) in [5.41, 5.74) is 9.74. The van der Waals surface area contributed by atoms with Gasteiger partial charge in [-0.05, 0) is 62.9 Å². The minimum absolute atomic E-state index is 0.202. The molecule has 18 heavy (non-hydrogen) atoms. The summed E-state index contributed by atoms with van der Waals surface area (Å²) in [7, 11) is 0. The highest BCUT2D eigenvalue weighted by Crippen LogP contribution is 2.42. The Morgan fingerprint density at radius 3 is 2.78 bits per heavy atom. The van der Waals surface area contributed by atoms with Gasteiger partial charge >= 0.3 is 0 Å². The molecule has 3 rings (SSSR count). The first-order valence-corrected chi connectivity index (χ1v) is 8.60. The van der Waals surface area contributed by atoms with Gasteiger partial charge in [-0.2, -0.15) is 11.8 Å². The molecule has 2 nitrogen and oxygen atoms in total. The fourth-order valence-electron chi connectivity index (χ4n) is 3.70. The molecule has 1 aliphatic carbocycles. The topological polar surface area (TPSA) is 35.2 Å². The molecule has 0 radical (unpaired) electrons. The summed E-state index contributed by atoms with van der Waals surface area (Å²) >= 11 is 2.08. The number of ether oxygens (including phenoxy) is 1. The molecule has 2 N–H and O–H groups in total. The maximum atomic E-state index is 6.18. The molecule has 1 unspecified atom stereocenters. The summed E-state index contributed by atoms with van der Waals surface area (Å²) < 4.78 is 6.18. The number of hydrogen-bond acceptors (Lipinski definition) is 3. The highest BCUT2D eigenvalue weighted by molar-refractivity contribution is 7.99. The summed E-state index contributed by atoms with van der Waals surface area (Å²) in [6.45, 7) is 0.943. The van der Waals surface area contributed by atoms with Crippen LogP contribution in [0.4, 0.5) is 0 Å². The van der Waals surface area contributed by atoms with E-state index in [4.69, 9.17) is 10.5 Å². The van der Waals surface area contributed by atoms with Gasteiger partial charge in [0, 0.05) is 6.04 Å². The molecule has 2 heterocycles. The van der Waals surface area contributed by atoms with Crippen LogP contribution in [0.2, 0.25) is 0 Å². The van der Waals surface area contributed by atoms with E-state index in [0.717, 1.165) is 19.4 Å². The average molecular weight is 267 g/mol. The van der Waals surface area contributed by atoms with E-state index >= 15 is 0 Å². The van der Waals surface area contributed by atoms with Gasteiger partial charge in [-0.3, -0.25) is 0 Å². The fourth-order valence-corrected chi connectivity index (χ4v) is 4.94. The SMILES string of the molecule is NC1CCCC(=C2CCOC3(CCSCC3)C2)C1. The normalized spacial score (nSPS) is 36.8. The van der Waals surface area contributed by atoms with Gasteiger partial charge in [-0.15, -0.1) is 0 Å². The van der Waals surface area contributed by atoms with Crippen LogP contribution in [0, 0.1) is 0 Å². The summed E-state index contributed by atoms with van der Waals surface area (Å²) in [5, 5.41) is 0. The predicted octanol–water partition coefficient (Wildman–Crippen LogP) is 3.26. The molecule has 2 saturated heterocycles. The highest BCUT2D eigenvalue weighted by atomic mass is 32.2. The Labute approximate surface area is 115 Å². The zero-order chi connectivity index (χ0) is 12.4. The lowest BCUT2D eigenvalue weighted by atomic mass is 9.79. The minimum atomic E-state index is 0.202. The zero-order valence-electron chi connectivity index (χ0n) is 11.2. The maximum absolute atomic E-state index is 6.18. The Morgan fingerprint density at radius 1 is 1.17 bits per heavy atom. The van der Waals surface area contributed by atoms with Crippen LogP contribution in [0.15, 0.2) is 11.1 Å². The fraction of sp³-hybridized carbons (Fsp3) is 0.867.